The minimum atomic E-state index is -4.16. The summed E-state index contributed by atoms with van der Waals surface area (Å²) in [5, 5.41) is 46.3. The number of rotatable bonds is 3. The highest BCUT2D eigenvalue weighted by Crippen LogP contribution is 2.20. The van der Waals surface area contributed by atoms with Gasteiger partial charge in [0, 0.05) is 13.6 Å². The predicted octanol–water partition coefficient (Wildman–Crippen LogP) is -4.44. The molecule has 14 heteroatoms. The molecule has 2 aliphatic rings. The van der Waals surface area contributed by atoms with Crippen molar-refractivity contribution in [1.29, 1.82) is 5.41 Å². The SMILES string of the molecule is CN(CC(=O)N1C[C@@H](O)[C@@H](O)[C@H](O)[C@H]1CO)C(=N)N1OS(=O)(=O)O1. The molecule has 1 amide bonds. The predicted molar refractivity (Wildman–Crippen MR) is 73.9 cm³/mol. The van der Waals surface area contributed by atoms with Crippen molar-refractivity contribution < 1.29 is 42.2 Å². The Labute approximate surface area is 136 Å². The topological polar surface area (TPSA) is 184 Å². The number of piperidine rings is 1. The molecule has 0 spiro atoms. The molecule has 4 atom stereocenters. The second-order valence-electron chi connectivity index (χ2n) is 5.34. The Balaban J connectivity index is 1.98. The third-order valence-electron chi connectivity index (χ3n) is 3.65. The van der Waals surface area contributed by atoms with Gasteiger partial charge in [-0.15, -0.1) is 0 Å². The van der Waals surface area contributed by atoms with Crippen LogP contribution in [0, 0.1) is 5.41 Å². The zero-order valence-electron chi connectivity index (χ0n) is 12.5. The molecule has 2 fully saturated rings. The van der Waals surface area contributed by atoms with E-state index < -0.39 is 59.8 Å². The number of aliphatic hydroxyl groups is 4. The molecule has 138 valence electrons. The molecule has 2 heterocycles. The highest BCUT2D eigenvalue weighted by molar-refractivity contribution is 7.82. The van der Waals surface area contributed by atoms with Gasteiger partial charge in [0.15, 0.2) is 0 Å². The first-order valence-corrected chi connectivity index (χ1v) is 8.09. The summed E-state index contributed by atoms with van der Waals surface area (Å²) >= 11 is 0. The molecule has 0 aromatic heterocycles. The Bertz CT molecular complexity index is 601. The van der Waals surface area contributed by atoms with Crippen LogP contribution < -0.4 is 0 Å². The van der Waals surface area contributed by atoms with Gasteiger partial charge in [-0.3, -0.25) is 10.2 Å². The second-order valence-corrected chi connectivity index (χ2v) is 6.45. The van der Waals surface area contributed by atoms with Crippen LogP contribution in [-0.2, 0) is 23.8 Å². The number of nitrogens with zero attached hydrogens (tertiary/aromatic N) is 3. The van der Waals surface area contributed by atoms with Gasteiger partial charge in [0.1, 0.15) is 18.3 Å². The Kier molecular flexibility index (Phi) is 5.28. The molecule has 0 saturated carbocycles. The van der Waals surface area contributed by atoms with E-state index in [1.165, 1.54) is 7.05 Å². The normalized spacial score (nSPS) is 32.2. The monoisotopic (exact) mass is 370 g/mol. The summed E-state index contributed by atoms with van der Waals surface area (Å²) in [6.07, 6.45) is -4.45. The third kappa shape index (κ3) is 3.59. The molecular weight excluding hydrogens is 352 g/mol. The molecule has 24 heavy (non-hydrogen) atoms. The fourth-order valence-corrected chi connectivity index (χ4v) is 2.81. The van der Waals surface area contributed by atoms with Crippen LogP contribution in [0.5, 0.6) is 0 Å². The van der Waals surface area contributed by atoms with E-state index in [4.69, 9.17) is 5.41 Å². The van der Waals surface area contributed by atoms with Crippen molar-refractivity contribution in [3.8, 4) is 0 Å². The van der Waals surface area contributed by atoms with Crippen molar-refractivity contribution in [2.75, 3.05) is 26.7 Å². The van der Waals surface area contributed by atoms with Crippen molar-refractivity contribution in [3.05, 3.63) is 0 Å². The maximum atomic E-state index is 12.3. The molecule has 0 bridgehead atoms. The number of nitrogens with one attached hydrogen (secondary N) is 1. The summed E-state index contributed by atoms with van der Waals surface area (Å²) in [6, 6.07) is -1.13. The van der Waals surface area contributed by atoms with Crippen LogP contribution in [0.2, 0.25) is 0 Å². The van der Waals surface area contributed by atoms with E-state index in [1.54, 1.807) is 0 Å². The Hall–Kier alpha value is -1.55. The standard InChI is InChI=1S/C10H18N4O9S/c1-12(10(11)14-22-24(20,21)23-14)3-7(17)13-2-6(16)9(19)8(18)5(13)4-15/h5-6,8-9,11,15-16,18-19H,2-4H2,1H3/t5-,6-,8-,9-/m1/s1. The minimum absolute atomic E-state index is 0.274. The summed E-state index contributed by atoms with van der Waals surface area (Å²) in [7, 11) is -2.88. The number of hydrogen-bond donors (Lipinski definition) is 5. The fourth-order valence-electron chi connectivity index (χ4n) is 2.33. The lowest BCUT2D eigenvalue weighted by Crippen LogP contribution is -2.65. The van der Waals surface area contributed by atoms with Crippen LogP contribution in [0.25, 0.3) is 0 Å². The molecule has 5 N–H and O–H groups in total. The van der Waals surface area contributed by atoms with Gasteiger partial charge in [0.05, 0.1) is 19.2 Å². The van der Waals surface area contributed by atoms with E-state index in [1.807, 2.05) is 0 Å². The van der Waals surface area contributed by atoms with E-state index in [0.717, 1.165) is 9.80 Å². The average Bonchev–Trinajstić information content (AvgIpc) is 2.48. The van der Waals surface area contributed by atoms with Crippen molar-refractivity contribution >= 4 is 22.3 Å². The van der Waals surface area contributed by atoms with Crippen molar-refractivity contribution in [1.82, 2.24) is 15.0 Å². The molecule has 0 aliphatic carbocycles. The number of hydroxylamine groups is 2. The number of aliphatic hydroxyl groups excluding tert-OH is 4. The first-order valence-electron chi connectivity index (χ1n) is 6.76. The molecule has 2 saturated heterocycles. The van der Waals surface area contributed by atoms with Crippen molar-refractivity contribution in [3.63, 3.8) is 0 Å². The smallest absolute Gasteiger partial charge is 0.394 e. The summed E-state index contributed by atoms with van der Waals surface area (Å²) in [5.74, 6) is -1.27. The van der Waals surface area contributed by atoms with E-state index >= 15 is 0 Å². The van der Waals surface area contributed by atoms with Gasteiger partial charge in [-0.1, -0.05) is 13.8 Å². The van der Waals surface area contributed by atoms with Gasteiger partial charge in [-0.05, 0) is 0 Å². The van der Waals surface area contributed by atoms with Crippen LogP contribution in [0.3, 0.4) is 0 Å². The maximum Gasteiger partial charge on any atom is 0.446 e. The van der Waals surface area contributed by atoms with E-state index in [9.17, 15) is 33.6 Å². The molecule has 0 unspecified atom stereocenters. The number of amides is 1. The van der Waals surface area contributed by atoms with Crippen molar-refractivity contribution in [2.24, 2.45) is 0 Å². The fraction of sp³-hybridized carbons (Fsp3) is 0.800. The average molecular weight is 370 g/mol. The molecule has 2 rings (SSSR count). The van der Waals surface area contributed by atoms with Gasteiger partial charge < -0.3 is 30.2 Å². The maximum absolute atomic E-state index is 12.3. The van der Waals surface area contributed by atoms with E-state index in [2.05, 4.69) is 8.57 Å². The highest BCUT2D eigenvalue weighted by Gasteiger charge is 2.44. The molecule has 0 radical (unpaired) electrons. The van der Waals surface area contributed by atoms with Crippen LogP contribution in [0.15, 0.2) is 0 Å². The van der Waals surface area contributed by atoms with Crippen LogP contribution in [0.4, 0.5) is 0 Å². The molecule has 0 aromatic rings. The molecular formula is C10H18N4O9S. The van der Waals surface area contributed by atoms with Gasteiger partial charge in [0.25, 0.3) is 0 Å². The number of likely N-dealkylation sites (N-methyl/N-ethyl adjacent to an activating group) is 1. The minimum Gasteiger partial charge on any atom is -0.394 e. The van der Waals surface area contributed by atoms with Gasteiger partial charge in [-0.2, -0.15) is 8.42 Å². The first-order chi connectivity index (χ1) is 11.1. The molecule has 2 aliphatic heterocycles. The number of guanidine groups is 1. The molecule has 13 nitrogen and oxygen atoms in total. The Morgan fingerprint density at radius 3 is 2.38 bits per heavy atom. The summed E-state index contributed by atoms with van der Waals surface area (Å²) < 4.78 is 29.7. The first kappa shape index (κ1) is 18.8. The Morgan fingerprint density at radius 1 is 1.29 bits per heavy atom. The number of hydrogen-bond acceptors (Lipinski definition) is 10. The zero-order chi connectivity index (χ0) is 18.2. The van der Waals surface area contributed by atoms with Crippen molar-refractivity contribution in [2.45, 2.75) is 24.4 Å². The zero-order valence-corrected chi connectivity index (χ0v) is 13.3. The van der Waals surface area contributed by atoms with Gasteiger partial charge in [0.2, 0.25) is 11.9 Å². The van der Waals surface area contributed by atoms with Crippen LogP contribution in [0.1, 0.15) is 0 Å². The summed E-state index contributed by atoms with van der Waals surface area (Å²) in [6.45, 7) is -1.43. The van der Waals surface area contributed by atoms with Gasteiger partial charge >= 0.3 is 10.4 Å². The lowest BCUT2D eigenvalue weighted by molar-refractivity contribution is -0.274. The van der Waals surface area contributed by atoms with E-state index in [-0.39, 0.29) is 11.8 Å². The summed E-state index contributed by atoms with van der Waals surface area (Å²) in [5.41, 5.74) is 0. The second kappa shape index (κ2) is 6.75. The number of likely N-dealkylation sites (tertiary alicyclic amines) is 1. The third-order valence-corrected chi connectivity index (χ3v) is 4.29. The quantitative estimate of drug-likeness (QED) is 0.238. The van der Waals surface area contributed by atoms with E-state index in [0.29, 0.717) is 0 Å². The van der Waals surface area contributed by atoms with Crippen LogP contribution in [-0.4, -0.2) is 107 Å². The summed E-state index contributed by atoms with van der Waals surface area (Å²) in [4.78, 5) is 14.2. The molecule has 0 aromatic carbocycles. The lowest BCUT2D eigenvalue weighted by Gasteiger charge is -2.43. The van der Waals surface area contributed by atoms with Gasteiger partial charge in [-0.25, -0.2) is 0 Å². The Morgan fingerprint density at radius 2 is 1.88 bits per heavy atom. The highest BCUT2D eigenvalue weighted by atomic mass is 32.3. The number of carbonyl (C=O) groups is 1. The van der Waals surface area contributed by atoms with Crippen LogP contribution >= 0.6 is 0 Å². The lowest BCUT2D eigenvalue weighted by atomic mass is 9.94. The largest absolute Gasteiger partial charge is 0.446 e. The number of β-amino-alcohol motifs (C(OH)–C–C–N with tert-alkyl or cyclic N) is 1. The number of carbonyl (C=O) groups excluding carboxylic acids is 1.